The lowest BCUT2D eigenvalue weighted by molar-refractivity contribution is -0.148. The number of hydrogen-bond acceptors (Lipinski definition) is 19. The normalized spacial score (nSPS) is 19.0. The van der Waals surface area contributed by atoms with Crippen LogP contribution in [-0.2, 0) is 57.3 Å². The summed E-state index contributed by atoms with van der Waals surface area (Å²) in [6, 6.07) is 29.4. The molecule has 6 aliphatic heterocycles. The highest BCUT2D eigenvalue weighted by molar-refractivity contribution is 6.05. The number of allylic oxidation sites excluding steroid dienone is 2. The van der Waals surface area contributed by atoms with Gasteiger partial charge in [0.2, 0.25) is 29.5 Å². The number of amides is 7. The van der Waals surface area contributed by atoms with Gasteiger partial charge in [-0.15, -0.1) is 0 Å². The molecule has 111 heavy (non-hydrogen) atoms. The van der Waals surface area contributed by atoms with Gasteiger partial charge in [-0.25, -0.2) is 14.6 Å². The largest absolute Gasteiger partial charge is 0.481 e. The average Bonchev–Trinajstić information content (AvgIpc) is 1.69. The number of aromatic nitrogens is 2. The predicted octanol–water partition coefficient (Wildman–Crippen LogP) is 11.5. The SMILES string of the molecule is C.CC(=O)O.COC(=O)C[C@H](C(=O)N1CCC[C@H]1C1=NC=C(c2ccc(-c3ccc(-c4cnc([C@H](C)N5CCC[C@@H](NC(=O)OC)C5=O)[nH]4)cc3)cc2)C1)C(C)C.COC(=O)C[C@H](C(=O)N1CCC[C@H]1C1=NC=C(c2ccc(-c3ccc(C(=O)CNC(=O)[C@H](C)N4CCC[C@@H](NC(=O)OC)C4=O)cc3)cc2)C1)C(C)C.N. The zero-order valence-corrected chi connectivity index (χ0v) is 64.7. The third kappa shape index (κ3) is 22.1. The molecule has 8 atom stereocenters. The van der Waals surface area contributed by atoms with Gasteiger partial charge in [-0.2, -0.15) is 0 Å². The number of H-pyrrole nitrogens is 1. The minimum Gasteiger partial charge on any atom is -0.481 e. The predicted molar refractivity (Wildman–Crippen MR) is 422 cm³/mol. The van der Waals surface area contributed by atoms with E-state index in [4.69, 9.17) is 29.4 Å². The molecule has 596 valence electrons. The molecule has 0 spiro atoms. The molecular formula is C83H108N12O16. The summed E-state index contributed by atoms with van der Waals surface area (Å²) in [7, 11) is 5.21. The number of Topliss-reactive ketones (excluding diaryl/α,β-unsaturated/α-hetero) is 1. The van der Waals surface area contributed by atoms with Crippen molar-refractivity contribution in [2.45, 2.75) is 169 Å². The second kappa shape index (κ2) is 40.5. The number of nitrogens with zero attached hydrogens (tertiary/aromatic N) is 7. The number of ether oxygens (including phenoxy) is 4. The summed E-state index contributed by atoms with van der Waals surface area (Å²) in [5, 5.41) is 15.2. The molecule has 5 aromatic rings. The van der Waals surface area contributed by atoms with Gasteiger partial charge in [-0.3, -0.25) is 53.1 Å². The van der Waals surface area contributed by atoms with Gasteiger partial charge in [0, 0.05) is 75.3 Å². The fraction of sp³-hybridized carbons (Fsp3) is 0.470. The lowest BCUT2D eigenvalue weighted by Crippen LogP contribution is -2.58. The van der Waals surface area contributed by atoms with Crippen molar-refractivity contribution in [2.24, 2.45) is 33.7 Å². The Morgan fingerprint density at radius 2 is 0.910 bits per heavy atom. The van der Waals surface area contributed by atoms with Crippen LogP contribution >= 0.6 is 0 Å². The summed E-state index contributed by atoms with van der Waals surface area (Å²) in [5.41, 5.74) is 12.6. The molecule has 0 aliphatic carbocycles. The summed E-state index contributed by atoms with van der Waals surface area (Å²) < 4.78 is 19.0. The second-order valence-electron chi connectivity index (χ2n) is 28.8. The van der Waals surface area contributed by atoms with Crippen molar-refractivity contribution >= 4 is 88.0 Å². The zero-order chi connectivity index (χ0) is 78.8. The molecule has 0 radical (unpaired) electrons. The van der Waals surface area contributed by atoms with Crippen LogP contribution < -0.4 is 22.1 Å². The molecule has 11 rings (SSSR count). The van der Waals surface area contributed by atoms with Crippen molar-refractivity contribution in [1.82, 2.24) is 51.7 Å². The number of carbonyl (C=O) groups excluding carboxylic acids is 10. The van der Waals surface area contributed by atoms with Gasteiger partial charge in [0.05, 0.1) is 89.7 Å². The van der Waals surface area contributed by atoms with Crippen LogP contribution in [0.15, 0.2) is 126 Å². The van der Waals surface area contributed by atoms with E-state index in [1.165, 1.54) is 33.3 Å². The number of methoxy groups -OCH3 is 4. The van der Waals surface area contributed by atoms with E-state index in [1.54, 1.807) is 30.2 Å². The highest BCUT2D eigenvalue weighted by atomic mass is 16.5. The third-order valence-electron chi connectivity index (χ3n) is 21.0. The number of alkyl carbamates (subject to hydrolysis) is 2. The standard InChI is InChI=1S/C40H48N6O6.C40H49N5O8.C2H4O2.CH4.H3N/c1-24(2)31(21-36(47)51-4)38(48)46-19-7-9-35(46)33-20-30(22-41-33)28-12-10-26(11-13-28)27-14-16-29(17-15-27)34-23-42-37(43-34)25(3)45-18-6-8-32(39(45)49)44-40(50)52-5;1-24(2)31(21-36(47)52-4)38(49)45-19-7-9-34(45)33-20-30(22-41-33)28-12-10-26(11-13-28)27-14-16-29(17-15-27)35(46)23-42-37(48)25(3)44-18-6-8-32(39(44)50)43-40(51)53-5;1-2(3)4;;/h10-17,22-25,31-32,35H,6-9,18-21H2,1-5H3,(H,42,43)(H,44,50);10-17,22,24-25,31-32,34H,6-9,18-21,23H2,1-5H3,(H,42,48)(H,43,51);1H3,(H,3,4);1H4;1H3/t25-,31-,32+,35-;25-,31-,32+,34-;;;/m00.../s1. The van der Waals surface area contributed by atoms with Crippen molar-refractivity contribution in [3.8, 4) is 33.5 Å². The Labute approximate surface area is 649 Å². The van der Waals surface area contributed by atoms with Crippen LogP contribution in [-0.4, -0.2) is 203 Å². The quantitative estimate of drug-likeness (QED) is 0.0190. The molecule has 28 nitrogen and oxygen atoms in total. The summed E-state index contributed by atoms with van der Waals surface area (Å²) in [6.45, 7) is 14.5. The number of rotatable bonds is 24. The van der Waals surface area contributed by atoms with E-state index in [1.807, 2.05) is 93.2 Å². The molecule has 1 aromatic heterocycles. The van der Waals surface area contributed by atoms with Crippen molar-refractivity contribution in [2.75, 3.05) is 61.2 Å². The van der Waals surface area contributed by atoms with E-state index in [0.29, 0.717) is 69.7 Å². The maximum atomic E-state index is 13.6. The second-order valence-corrected chi connectivity index (χ2v) is 28.8. The smallest absolute Gasteiger partial charge is 0.407 e. The maximum Gasteiger partial charge on any atom is 0.407 e. The van der Waals surface area contributed by atoms with E-state index >= 15 is 0 Å². The summed E-state index contributed by atoms with van der Waals surface area (Å²) in [6.07, 6.45) is 11.7. The number of carboxylic acids is 1. The van der Waals surface area contributed by atoms with E-state index in [2.05, 4.69) is 83.9 Å². The summed E-state index contributed by atoms with van der Waals surface area (Å²) in [5.74, 6) is -2.94. The van der Waals surface area contributed by atoms with Crippen LogP contribution in [0.2, 0.25) is 0 Å². The Morgan fingerprint density at radius 1 is 0.532 bits per heavy atom. The van der Waals surface area contributed by atoms with Crippen LogP contribution in [0.1, 0.15) is 166 Å². The summed E-state index contributed by atoms with van der Waals surface area (Å²) in [4.78, 5) is 160. The molecule has 4 saturated heterocycles. The number of piperidine rings is 2. The topological polar surface area (TPSA) is 382 Å². The number of esters is 2. The van der Waals surface area contributed by atoms with Crippen LogP contribution in [0, 0.1) is 23.7 Å². The molecule has 6 aliphatic rings. The zero-order valence-electron chi connectivity index (χ0n) is 64.7. The Bertz CT molecular complexity index is 4260. The number of hydrogen-bond donors (Lipinski definition) is 6. The summed E-state index contributed by atoms with van der Waals surface area (Å²) >= 11 is 0. The monoisotopic (exact) mass is 1530 g/mol. The first kappa shape index (κ1) is 87.1. The number of carbonyl (C=O) groups is 11. The van der Waals surface area contributed by atoms with Crippen molar-refractivity contribution in [3.05, 3.63) is 138 Å². The lowest BCUT2D eigenvalue weighted by Gasteiger charge is -2.35. The fourth-order valence-electron chi connectivity index (χ4n) is 14.7. The number of aliphatic imine (C=N–C) groups is 2. The minimum atomic E-state index is -0.833. The van der Waals surface area contributed by atoms with Crippen LogP contribution in [0.5, 0.6) is 0 Å². The van der Waals surface area contributed by atoms with Crippen molar-refractivity contribution in [1.29, 1.82) is 0 Å². The number of likely N-dealkylation sites (tertiary alicyclic amines) is 4. The lowest BCUT2D eigenvalue weighted by atomic mass is 9.90. The highest BCUT2D eigenvalue weighted by Gasteiger charge is 2.42. The number of aliphatic carboxylic acids is 1. The van der Waals surface area contributed by atoms with Crippen molar-refractivity contribution in [3.63, 3.8) is 0 Å². The number of imidazole rings is 1. The van der Waals surface area contributed by atoms with Crippen LogP contribution in [0.3, 0.4) is 0 Å². The van der Waals surface area contributed by atoms with Gasteiger partial charge in [-0.05, 0) is 127 Å². The molecule has 7 amide bonds. The number of nitrogens with one attached hydrogen (secondary N) is 4. The molecule has 0 unspecified atom stereocenters. The molecule has 8 N–H and O–H groups in total. The van der Waals surface area contributed by atoms with Gasteiger partial charge in [0.15, 0.2) is 5.78 Å². The third-order valence-corrected chi connectivity index (χ3v) is 21.0. The van der Waals surface area contributed by atoms with E-state index < -0.39 is 54.0 Å². The highest BCUT2D eigenvalue weighted by Crippen LogP contribution is 2.37. The first-order valence-corrected chi connectivity index (χ1v) is 37.3. The first-order valence-electron chi connectivity index (χ1n) is 37.3. The maximum absolute atomic E-state index is 13.6. The Balaban J connectivity index is 0.000000289. The Kier molecular flexibility index (Phi) is 31.8. The first-order chi connectivity index (χ1) is 52.2. The van der Waals surface area contributed by atoms with Gasteiger partial charge in [-0.1, -0.05) is 132 Å². The van der Waals surface area contributed by atoms with Gasteiger partial charge >= 0.3 is 24.1 Å². The number of aromatic amines is 1. The molecule has 4 aromatic carbocycles. The number of ketones is 1. The van der Waals surface area contributed by atoms with E-state index in [0.717, 1.165) is 106 Å². The van der Waals surface area contributed by atoms with Crippen LogP contribution in [0.25, 0.3) is 44.7 Å². The molecule has 4 fully saturated rings. The average molecular weight is 1530 g/mol. The Hall–Kier alpha value is -11.2. The Morgan fingerprint density at radius 3 is 1.32 bits per heavy atom. The molecule has 28 heteroatoms. The van der Waals surface area contributed by atoms with Gasteiger partial charge < -0.3 is 70.7 Å². The van der Waals surface area contributed by atoms with Crippen molar-refractivity contribution < 1.29 is 76.8 Å². The molecule has 7 heterocycles. The van der Waals surface area contributed by atoms with E-state index in [-0.39, 0.29) is 104 Å². The molecule has 0 bridgehead atoms. The number of carboxylic acid groups (broad SMARTS) is 1. The van der Waals surface area contributed by atoms with Crippen LogP contribution in [0.4, 0.5) is 9.59 Å². The fourth-order valence-corrected chi connectivity index (χ4v) is 14.7. The van der Waals surface area contributed by atoms with Gasteiger partial charge in [0.25, 0.3) is 5.97 Å². The molecule has 0 saturated carbocycles. The minimum absolute atomic E-state index is 0. The van der Waals surface area contributed by atoms with E-state index in [9.17, 15) is 47.9 Å². The molecular weight excluding hydrogens is 1420 g/mol. The van der Waals surface area contributed by atoms with Gasteiger partial charge in [0.1, 0.15) is 23.9 Å². The number of benzene rings is 4.